The Morgan fingerprint density at radius 2 is 1.81 bits per heavy atom. The number of halogens is 1. The highest BCUT2D eigenvalue weighted by Crippen LogP contribution is 2.42. The highest BCUT2D eigenvalue weighted by Gasteiger charge is 2.40. The van der Waals surface area contributed by atoms with Crippen LogP contribution in [0, 0.1) is 11.7 Å². The van der Waals surface area contributed by atoms with E-state index in [1.165, 1.54) is 25.0 Å². The summed E-state index contributed by atoms with van der Waals surface area (Å²) in [4.78, 5) is 17.1. The van der Waals surface area contributed by atoms with Crippen molar-refractivity contribution in [1.29, 1.82) is 0 Å². The lowest BCUT2D eigenvalue weighted by Crippen LogP contribution is -2.47. The van der Waals surface area contributed by atoms with Crippen molar-refractivity contribution in [2.45, 2.75) is 44.9 Å². The van der Waals surface area contributed by atoms with Crippen LogP contribution in [0.15, 0.2) is 42.5 Å². The maximum absolute atomic E-state index is 14.4. The summed E-state index contributed by atoms with van der Waals surface area (Å²) in [5.41, 5.74) is 2.34. The first-order chi connectivity index (χ1) is 15.0. The monoisotopic (exact) mass is 424 g/mol. The van der Waals surface area contributed by atoms with Gasteiger partial charge in [0.05, 0.1) is 0 Å². The van der Waals surface area contributed by atoms with Gasteiger partial charge in [-0.15, -0.1) is 0 Å². The number of rotatable bonds is 7. The third kappa shape index (κ3) is 4.47. The summed E-state index contributed by atoms with van der Waals surface area (Å²) >= 11 is 0. The quantitative estimate of drug-likeness (QED) is 0.694. The molecule has 0 bridgehead atoms. The highest BCUT2D eigenvalue weighted by atomic mass is 19.1. The minimum Gasteiger partial charge on any atom is -0.505 e. The first-order valence-corrected chi connectivity index (χ1v) is 11.6. The first kappa shape index (κ1) is 21.8. The van der Waals surface area contributed by atoms with Gasteiger partial charge in [-0.3, -0.25) is 4.79 Å². The Balaban J connectivity index is 1.70. The van der Waals surface area contributed by atoms with E-state index in [9.17, 15) is 14.3 Å². The fourth-order valence-electron chi connectivity index (χ4n) is 5.03. The molecule has 4 rings (SSSR count). The fraction of sp³-hybridized carbons (Fsp3) is 0.500. The van der Waals surface area contributed by atoms with Gasteiger partial charge in [-0.05, 0) is 87.4 Å². The predicted octanol–water partition coefficient (Wildman–Crippen LogP) is 4.81. The van der Waals surface area contributed by atoms with Gasteiger partial charge in [0, 0.05) is 37.2 Å². The van der Waals surface area contributed by atoms with Crippen LogP contribution in [0.2, 0.25) is 0 Å². The molecule has 166 valence electrons. The topological polar surface area (TPSA) is 43.8 Å². The molecule has 4 nitrogen and oxygen atoms in total. The third-order valence-electron chi connectivity index (χ3n) is 7.02. The molecule has 2 fully saturated rings. The summed E-state index contributed by atoms with van der Waals surface area (Å²) < 4.78 is 14.4. The van der Waals surface area contributed by atoms with Crippen LogP contribution in [0.3, 0.4) is 0 Å². The fourth-order valence-corrected chi connectivity index (χ4v) is 5.03. The van der Waals surface area contributed by atoms with Crippen molar-refractivity contribution in [2.24, 2.45) is 5.92 Å². The van der Waals surface area contributed by atoms with E-state index < -0.39 is 5.82 Å². The Kier molecular flexibility index (Phi) is 6.33. The molecule has 2 aromatic rings. The second-order valence-electron chi connectivity index (χ2n) is 9.09. The molecular formula is C26H33FN2O2. The molecule has 1 N–H and O–H groups in total. The first-order valence-electron chi connectivity index (χ1n) is 11.6. The predicted molar refractivity (Wildman–Crippen MR) is 121 cm³/mol. The third-order valence-corrected chi connectivity index (χ3v) is 7.02. The molecule has 31 heavy (non-hydrogen) atoms. The lowest BCUT2D eigenvalue weighted by atomic mass is 9.69. The molecule has 0 radical (unpaired) electrons. The van der Waals surface area contributed by atoms with E-state index >= 15 is 0 Å². The molecular weight excluding hydrogens is 391 g/mol. The zero-order chi connectivity index (χ0) is 22.0. The van der Waals surface area contributed by atoms with Crippen molar-refractivity contribution in [3.05, 3.63) is 65.0 Å². The number of hydrogen-bond acceptors (Lipinski definition) is 3. The number of amides is 1. The molecule has 1 aliphatic heterocycles. The van der Waals surface area contributed by atoms with Gasteiger partial charge in [0.15, 0.2) is 11.6 Å². The van der Waals surface area contributed by atoms with Crippen molar-refractivity contribution in [3.63, 3.8) is 0 Å². The summed E-state index contributed by atoms with van der Waals surface area (Å²) in [5, 5.41) is 9.74. The number of likely N-dealkylation sites (tertiary alicyclic amines) is 1. The number of piperidine rings is 1. The molecule has 2 aliphatic rings. The molecule has 0 spiro atoms. The number of aromatic hydroxyl groups is 1. The van der Waals surface area contributed by atoms with Gasteiger partial charge in [-0.1, -0.05) is 18.2 Å². The zero-order valence-corrected chi connectivity index (χ0v) is 18.6. The summed E-state index contributed by atoms with van der Waals surface area (Å²) in [7, 11) is 0. The molecule has 1 heterocycles. The van der Waals surface area contributed by atoms with Crippen LogP contribution in [0.25, 0.3) is 0 Å². The Hall–Kier alpha value is -2.40. The number of benzene rings is 2. The average molecular weight is 425 g/mol. The summed E-state index contributed by atoms with van der Waals surface area (Å²) in [6.07, 6.45) is 4.57. The van der Waals surface area contributed by atoms with Crippen LogP contribution in [-0.4, -0.2) is 53.5 Å². The number of carbonyl (C=O) groups excluding carboxylic acids is 1. The molecule has 1 aliphatic carbocycles. The molecule has 1 saturated carbocycles. The number of carbonyl (C=O) groups is 1. The number of hydrogen-bond donors (Lipinski definition) is 1. The van der Waals surface area contributed by atoms with E-state index in [2.05, 4.69) is 4.90 Å². The second kappa shape index (κ2) is 8.99. The SMILES string of the molecule is CCN(CC)C(=O)c1ccc(C2(c3ccc(O)c(F)c3)CCCN(CC3CC3)C2)cc1. The average Bonchev–Trinajstić information content (AvgIpc) is 3.60. The van der Waals surface area contributed by atoms with Crippen LogP contribution < -0.4 is 0 Å². The number of phenols is 1. The van der Waals surface area contributed by atoms with E-state index in [4.69, 9.17) is 0 Å². The molecule has 0 aromatic heterocycles. The van der Waals surface area contributed by atoms with E-state index in [-0.39, 0.29) is 17.1 Å². The maximum atomic E-state index is 14.4. The van der Waals surface area contributed by atoms with Crippen molar-refractivity contribution >= 4 is 5.91 Å². The largest absolute Gasteiger partial charge is 0.505 e. The lowest BCUT2D eigenvalue weighted by molar-refractivity contribution is 0.0773. The van der Waals surface area contributed by atoms with Gasteiger partial charge in [-0.25, -0.2) is 4.39 Å². The smallest absolute Gasteiger partial charge is 0.253 e. The molecule has 2 aromatic carbocycles. The highest BCUT2D eigenvalue weighted by molar-refractivity contribution is 5.94. The van der Waals surface area contributed by atoms with Gasteiger partial charge < -0.3 is 14.9 Å². The molecule has 1 amide bonds. The number of phenolic OH excluding ortho intramolecular Hbond substituents is 1. The summed E-state index contributed by atoms with van der Waals surface area (Å²) in [6.45, 7) is 8.34. The Bertz CT molecular complexity index is 922. The van der Waals surface area contributed by atoms with Gasteiger partial charge in [-0.2, -0.15) is 0 Å². The minimum absolute atomic E-state index is 0.0419. The zero-order valence-electron chi connectivity index (χ0n) is 18.6. The minimum atomic E-state index is -0.579. The van der Waals surface area contributed by atoms with Gasteiger partial charge in [0.2, 0.25) is 0 Å². The molecule has 1 atom stereocenters. The lowest BCUT2D eigenvalue weighted by Gasteiger charge is -2.44. The van der Waals surface area contributed by atoms with E-state index in [1.807, 2.05) is 49.1 Å². The molecule has 1 saturated heterocycles. The van der Waals surface area contributed by atoms with Gasteiger partial charge in [0.25, 0.3) is 5.91 Å². The second-order valence-corrected chi connectivity index (χ2v) is 9.09. The van der Waals surface area contributed by atoms with Crippen molar-refractivity contribution < 1.29 is 14.3 Å². The van der Waals surface area contributed by atoms with E-state index in [1.54, 1.807) is 0 Å². The molecule has 5 heteroatoms. The Labute approximate surface area is 184 Å². The Morgan fingerprint density at radius 3 is 2.42 bits per heavy atom. The van der Waals surface area contributed by atoms with Gasteiger partial charge >= 0.3 is 0 Å². The van der Waals surface area contributed by atoms with Gasteiger partial charge in [0.1, 0.15) is 0 Å². The van der Waals surface area contributed by atoms with Crippen molar-refractivity contribution in [3.8, 4) is 5.75 Å². The number of nitrogens with zero attached hydrogens (tertiary/aromatic N) is 2. The van der Waals surface area contributed by atoms with Crippen LogP contribution in [0.1, 0.15) is 61.0 Å². The van der Waals surface area contributed by atoms with E-state index in [0.717, 1.165) is 49.5 Å². The van der Waals surface area contributed by atoms with Crippen molar-refractivity contribution in [1.82, 2.24) is 9.80 Å². The van der Waals surface area contributed by atoms with Crippen molar-refractivity contribution in [2.75, 3.05) is 32.7 Å². The molecule has 1 unspecified atom stereocenters. The normalized spacial score (nSPS) is 21.8. The van der Waals surface area contributed by atoms with Crippen LogP contribution in [0.5, 0.6) is 5.75 Å². The standard InChI is InChI=1S/C26H33FN2O2/c1-3-29(4-2)25(31)20-8-10-21(11-9-20)26(22-12-13-24(30)23(27)16-22)14-5-15-28(18-26)17-19-6-7-19/h8-13,16,19,30H,3-7,14-15,17-18H2,1-2H3. The Morgan fingerprint density at radius 1 is 1.13 bits per heavy atom. The van der Waals surface area contributed by atoms with Crippen LogP contribution >= 0.6 is 0 Å². The summed E-state index contributed by atoms with van der Waals surface area (Å²) in [6, 6.07) is 12.7. The van der Waals surface area contributed by atoms with Crippen LogP contribution in [-0.2, 0) is 5.41 Å². The van der Waals surface area contributed by atoms with Crippen LogP contribution in [0.4, 0.5) is 4.39 Å². The summed E-state index contributed by atoms with van der Waals surface area (Å²) in [5.74, 6) is -0.0593. The maximum Gasteiger partial charge on any atom is 0.253 e. The van der Waals surface area contributed by atoms with E-state index in [0.29, 0.717) is 18.7 Å².